The van der Waals surface area contributed by atoms with Crippen molar-refractivity contribution < 1.29 is 14.7 Å². The van der Waals surface area contributed by atoms with E-state index in [0.29, 0.717) is 5.69 Å². The molecular weight excluding hydrogens is 198 g/mol. The summed E-state index contributed by atoms with van der Waals surface area (Å²) in [7, 11) is 0. The number of aromatic nitrogens is 2. The summed E-state index contributed by atoms with van der Waals surface area (Å²) in [6.45, 7) is 1.91. The first kappa shape index (κ1) is 11.1. The van der Waals surface area contributed by atoms with Crippen LogP contribution in [0.1, 0.15) is 12.6 Å². The first-order valence-electron chi connectivity index (χ1n) is 4.40. The highest BCUT2D eigenvalue weighted by atomic mass is 16.5. The molecule has 0 aliphatic rings. The number of nitrogens with zero attached hydrogens (tertiary/aromatic N) is 3. The lowest BCUT2D eigenvalue weighted by Crippen LogP contribution is -2.20. The van der Waals surface area contributed by atoms with Gasteiger partial charge in [-0.15, -0.1) is 0 Å². The van der Waals surface area contributed by atoms with E-state index in [1.807, 2.05) is 0 Å². The minimum absolute atomic E-state index is 0.0858. The Bertz CT molecular complexity index is 351. The van der Waals surface area contributed by atoms with E-state index < -0.39 is 5.97 Å². The van der Waals surface area contributed by atoms with Crippen LogP contribution in [-0.4, -0.2) is 33.5 Å². The summed E-state index contributed by atoms with van der Waals surface area (Å²) in [6.07, 6.45) is 4.60. The van der Waals surface area contributed by atoms with E-state index >= 15 is 0 Å². The number of oxime groups is 1. The second-order valence-electron chi connectivity index (χ2n) is 2.64. The van der Waals surface area contributed by atoms with Crippen LogP contribution in [0.15, 0.2) is 23.7 Å². The van der Waals surface area contributed by atoms with E-state index in [0.717, 1.165) is 0 Å². The molecule has 0 spiro atoms. The normalized spacial score (nSPS) is 11.1. The van der Waals surface area contributed by atoms with Gasteiger partial charge in [-0.1, -0.05) is 5.16 Å². The SMILES string of the molecule is CCOC(=O)C(Cc1cnccn1)=NO. The van der Waals surface area contributed by atoms with Crippen molar-refractivity contribution in [1.82, 2.24) is 9.97 Å². The Balaban J connectivity index is 2.67. The smallest absolute Gasteiger partial charge is 0.356 e. The first-order valence-corrected chi connectivity index (χ1v) is 4.40. The van der Waals surface area contributed by atoms with Gasteiger partial charge in [0.25, 0.3) is 0 Å². The van der Waals surface area contributed by atoms with Crippen molar-refractivity contribution >= 4 is 11.7 Å². The largest absolute Gasteiger partial charge is 0.461 e. The van der Waals surface area contributed by atoms with Gasteiger partial charge in [-0.05, 0) is 6.92 Å². The van der Waals surface area contributed by atoms with Gasteiger partial charge in [0.2, 0.25) is 0 Å². The van der Waals surface area contributed by atoms with Gasteiger partial charge in [0, 0.05) is 25.0 Å². The van der Waals surface area contributed by atoms with Gasteiger partial charge in [-0.2, -0.15) is 0 Å². The zero-order valence-electron chi connectivity index (χ0n) is 8.25. The van der Waals surface area contributed by atoms with Crippen LogP contribution in [0.5, 0.6) is 0 Å². The van der Waals surface area contributed by atoms with Crippen molar-refractivity contribution in [2.24, 2.45) is 5.16 Å². The Hall–Kier alpha value is -1.98. The van der Waals surface area contributed by atoms with Crippen LogP contribution in [0.2, 0.25) is 0 Å². The van der Waals surface area contributed by atoms with Gasteiger partial charge in [-0.25, -0.2) is 4.79 Å². The van der Waals surface area contributed by atoms with Crippen molar-refractivity contribution in [3.8, 4) is 0 Å². The molecule has 0 aliphatic carbocycles. The van der Waals surface area contributed by atoms with Crippen molar-refractivity contribution in [3.63, 3.8) is 0 Å². The van der Waals surface area contributed by atoms with Crippen LogP contribution in [-0.2, 0) is 16.0 Å². The Kier molecular flexibility index (Phi) is 4.21. The summed E-state index contributed by atoms with van der Waals surface area (Å²) < 4.78 is 4.69. The van der Waals surface area contributed by atoms with E-state index in [9.17, 15) is 4.79 Å². The topological polar surface area (TPSA) is 84.7 Å². The molecule has 1 rings (SSSR count). The van der Waals surface area contributed by atoms with Gasteiger partial charge in [0.05, 0.1) is 12.3 Å². The second-order valence-corrected chi connectivity index (χ2v) is 2.64. The molecule has 6 nitrogen and oxygen atoms in total. The van der Waals surface area contributed by atoms with Crippen LogP contribution >= 0.6 is 0 Å². The average Bonchev–Trinajstić information content (AvgIpc) is 2.27. The highest BCUT2D eigenvalue weighted by Gasteiger charge is 2.14. The number of carbonyl (C=O) groups excluding carboxylic acids is 1. The Morgan fingerprint density at radius 1 is 1.60 bits per heavy atom. The molecule has 80 valence electrons. The summed E-state index contributed by atoms with van der Waals surface area (Å²) >= 11 is 0. The molecule has 0 saturated carbocycles. The predicted molar refractivity (Wildman–Crippen MR) is 51.6 cm³/mol. The van der Waals surface area contributed by atoms with Gasteiger partial charge in [0.15, 0.2) is 5.71 Å². The van der Waals surface area contributed by atoms with Crippen LogP contribution in [0.25, 0.3) is 0 Å². The highest BCUT2D eigenvalue weighted by Crippen LogP contribution is 1.96. The fraction of sp³-hybridized carbons (Fsp3) is 0.333. The number of carbonyl (C=O) groups is 1. The minimum atomic E-state index is -0.648. The van der Waals surface area contributed by atoms with Crippen molar-refractivity contribution in [3.05, 3.63) is 24.3 Å². The maximum atomic E-state index is 11.2. The molecule has 0 unspecified atom stereocenters. The summed E-state index contributed by atoms with van der Waals surface area (Å²) in [5.41, 5.74) is 0.454. The van der Waals surface area contributed by atoms with Gasteiger partial charge >= 0.3 is 5.97 Å². The van der Waals surface area contributed by atoms with E-state index in [-0.39, 0.29) is 18.7 Å². The molecule has 0 atom stereocenters. The number of hydrogen-bond donors (Lipinski definition) is 1. The van der Waals surface area contributed by atoms with Crippen molar-refractivity contribution in [2.75, 3.05) is 6.61 Å². The van der Waals surface area contributed by atoms with Gasteiger partial charge in [0.1, 0.15) is 0 Å². The van der Waals surface area contributed by atoms with E-state index in [4.69, 9.17) is 5.21 Å². The maximum absolute atomic E-state index is 11.2. The number of rotatable bonds is 4. The van der Waals surface area contributed by atoms with Crippen LogP contribution < -0.4 is 0 Å². The maximum Gasteiger partial charge on any atom is 0.356 e. The average molecular weight is 209 g/mol. The lowest BCUT2D eigenvalue weighted by Gasteiger charge is -2.02. The molecule has 0 amide bonds. The van der Waals surface area contributed by atoms with Crippen molar-refractivity contribution in [1.29, 1.82) is 0 Å². The molecule has 0 aliphatic heterocycles. The van der Waals surface area contributed by atoms with E-state index in [2.05, 4.69) is 19.9 Å². The Labute approximate surface area is 86.6 Å². The zero-order chi connectivity index (χ0) is 11.1. The molecule has 1 aromatic heterocycles. The summed E-state index contributed by atoms with van der Waals surface area (Å²) in [5.74, 6) is -0.648. The third kappa shape index (κ3) is 3.34. The molecule has 0 aromatic carbocycles. The summed E-state index contributed by atoms with van der Waals surface area (Å²) in [4.78, 5) is 19.0. The van der Waals surface area contributed by atoms with E-state index in [1.165, 1.54) is 18.6 Å². The number of ether oxygens (including phenoxy) is 1. The number of hydrogen-bond acceptors (Lipinski definition) is 6. The molecular formula is C9H11N3O3. The zero-order valence-corrected chi connectivity index (χ0v) is 8.25. The highest BCUT2D eigenvalue weighted by molar-refractivity contribution is 6.36. The Morgan fingerprint density at radius 2 is 2.40 bits per heavy atom. The lowest BCUT2D eigenvalue weighted by atomic mass is 10.2. The van der Waals surface area contributed by atoms with Crippen molar-refractivity contribution in [2.45, 2.75) is 13.3 Å². The molecule has 1 N–H and O–H groups in total. The molecule has 0 fully saturated rings. The predicted octanol–water partition coefficient (Wildman–Crippen LogP) is 0.412. The summed E-state index contributed by atoms with van der Waals surface area (Å²) in [6, 6.07) is 0. The van der Waals surface area contributed by atoms with Crippen LogP contribution in [0.4, 0.5) is 0 Å². The third-order valence-corrected chi connectivity index (χ3v) is 1.60. The van der Waals surface area contributed by atoms with E-state index in [1.54, 1.807) is 6.92 Å². The van der Waals surface area contributed by atoms with Crippen LogP contribution in [0, 0.1) is 0 Å². The number of esters is 1. The molecule has 15 heavy (non-hydrogen) atoms. The fourth-order valence-corrected chi connectivity index (χ4v) is 0.956. The molecule has 0 saturated heterocycles. The summed E-state index contributed by atoms with van der Waals surface area (Å²) in [5, 5.41) is 11.5. The van der Waals surface area contributed by atoms with Crippen LogP contribution in [0.3, 0.4) is 0 Å². The monoisotopic (exact) mass is 209 g/mol. The molecule has 0 radical (unpaired) electrons. The lowest BCUT2D eigenvalue weighted by molar-refractivity contribution is -0.135. The molecule has 6 heteroatoms. The minimum Gasteiger partial charge on any atom is -0.461 e. The molecule has 1 heterocycles. The van der Waals surface area contributed by atoms with Gasteiger partial charge in [-0.3, -0.25) is 9.97 Å². The first-order chi connectivity index (χ1) is 7.27. The van der Waals surface area contributed by atoms with Gasteiger partial charge < -0.3 is 9.94 Å². The quantitative estimate of drug-likeness (QED) is 0.336. The molecule has 1 aromatic rings. The Morgan fingerprint density at radius 3 is 2.93 bits per heavy atom. The third-order valence-electron chi connectivity index (χ3n) is 1.60. The standard InChI is InChI=1S/C9H11N3O3/c1-2-15-9(13)8(12-14)5-7-6-10-3-4-11-7/h3-4,6,14H,2,5H2,1H3. The fourth-order valence-electron chi connectivity index (χ4n) is 0.956. The second kappa shape index (κ2) is 5.69. The molecule has 0 bridgehead atoms.